The summed E-state index contributed by atoms with van der Waals surface area (Å²) in [6, 6.07) is 5.32. The molecule has 2 N–H and O–H groups in total. The molecule has 0 aromatic carbocycles. The lowest BCUT2D eigenvalue weighted by atomic mass is 10.2. The molecule has 0 radical (unpaired) electrons. The normalized spacial score (nSPS) is 10.3. The maximum absolute atomic E-state index is 11.9. The largest absolute Gasteiger partial charge is 0.279 e. The Hall–Kier alpha value is -1.18. The number of thiophene rings is 2. The van der Waals surface area contributed by atoms with Gasteiger partial charge >= 0.3 is 0 Å². The minimum absolute atomic E-state index is 0.290. The maximum Gasteiger partial charge on any atom is 0.279 e. The molecule has 0 aliphatic rings. The van der Waals surface area contributed by atoms with Crippen molar-refractivity contribution in [1.29, 1.82) is 0 Å². The van der Waals surface area contributed by atoms with E-state index in [4.69, 9.17) is 0 Å². The quantitative estimate of drug-likeness (QED) is 0.809. The van der Waals surface area contributed by atoms with Gasteiger partial charge in [-0.15, -0.1) is 22.7 Å². The summed E-state index contributed by atoms with van der Waals surface area (Å²) in [6.07, 6.45) is 0.902. The Kier molecular flexibility index (Phi) is 4.95. The Morgan fingerprint density at radius 3 is 2.30 bits per heavy atom. The minimum Gasteiger partial charge on any atom is -0.266 e. The molecule has 0 aliphatic heterocycles. The number of nitrogens with one attached hydrogen (secondary N) is 2. The molecule has 2 amide bonds. The van der Waals surface area contributed by atoms with E-state index in [2.05, 4.69) is 33.7 Å². The number of hydrazine groups is 1. The van der Waals surface area contributed by atoms with Crippen LogP contribution >= 0.6 is 38.6 Å². The van der Waals surface area contributed by atoms with Gasteiger partial charge in [-0.25, -0.2) is 0 Å². The predicted molar refractivity (Wildman–Crippen MR) is 85.4 cm³/mol. The van der Waals surface area contributed by atoms with Crippen LogP contribution < -0.4 is 10.9 Å². The van der Waals surface area contributed by atoms with E-state index < -0.39 is 0 Å². The highest BCUT2D eigenvalue weighted by molar-refractivity contribution is 9.11. The van der Waals surface area contributed by atoms with Crippen LogP contribution in [0.4, 0.5) is 0 Å². The zero-order valence-electron chi connectivity index (χ0n) is 11.0. The number of carbonyl (C=O) groups is 2. The molecule has 7 heteroatoms. The lowest BCUT2D eigenvalue weighted by Gasteiger charge is -2.04. The van der Waals surface area contributed by atoms with Gasteiger partial charge in [-0.3, -0.25) is 20.4 Å². The fourth-order valence-electron chi connectivity index (χ4n) is 1.66. The van der Waals surface area contributed by atoms with E-state index in [1.54, 1.807) is 12.1 Å². The van der Waals surface area contributed by atoms with E-state index in [1.165, 1.54) is 27.6 Å². The molecule has 0 fully saturated rings. The van der Waals surface area contributed by atoms with Gasteiger partial charge in [0.05, 0.1) is 13.5 Å². The molecule has 0 unspecified atom stereocenters. The third-order valence-corrected chi connectivity index (χ3v) is 5.65. The molecule has 0 aliphatic carbocycles. The third-order valence-electron chi connectivity index (χ3n) is 2.65. The van der Waals surface area contributed by atoms with Crippen molar-refractivity contribution in [3.05, 3.63) is 42.2 Å². The van der Waals surface area contributed by atoms with E-state index in [9.17, 15) is 9.59 Å². The molecule has 106 valence electrons. The van der Waals surface area contributed by atoms with Crippen molar-refractivity contribution in [2.24, 2.45) is 0 Å². The molecule has 20 heavy (non-hydrogen) atoms. The molecule has 2 rings (SSSR count). The van der Waals surface area contributed by atoms with Crippen LogP contribution in [0.5, 0.6) is 0 Å². The molecule has 0 atom stereocenters. The molecule has 0 saturated carbocycles. The van der Waals surface area contributed by atoms with Gasteiger partial charge in [0.2, 0.25) is 0 Å². The highest BCUT2D eigenvalue weighted by Gasteiger charge is 2.13. The number of hydrogen-bond acceptors (Lipinski definition) is 4. The van der Waals surface area contributed by atoms with Crippen LogP contribution in [0, 0.1) is 6.92 Å². The highest BCUT2D eigenvalue weighted by Crippen LogP contribution is 2.23. The van der Waals surface area contributed by atoms with Gasteiger partial charge in [-0.2, -0.15) is 0 Å². The first-order chi connectivity index (χ1) is 9.51. The molecule has 4 nitrogen and oxygen atoms in total. The molecule has 2 aromatic rings. The molecule has 2 aromatic heterocycles. The first-order valence-electron chi connectivity index (χ1n) is 5.96. The summed E-state index contributed by atoms with van der Waals surface area (Å²) in [4.78, 5) is 26.1. The van der Waals surface area contributed by atoms with Gasteiger partial charge in [0.15, 0.2) is 0 Å². The zero-order valence-corrected chi connectivity index (χ0v) is 14.2. The predicted octanol–water partition coefficient (Wildman–Crippen LogP) is 3.52. The maximum atomic E-state index is 11.9. The standard InChI is InChI=1S/C13H13BrN2O2S2/c1-3-8-7(2)6-10(19-8)13(18)16-15-12(17)9-4-5-11(14)20-9/h4-6H,3H2,1-2H3,(H,15,17)(H,16,18). The zero-order chi connectivity index (χ0) is 14.7. The van der Waals surface area contributed by atoms with Gasteiger partial charge in [0, 0.05) is 4.88 Å². The summed E-state index contributed by atoms with van der Waals surface area (Å²) in [5.74, 6) is -0.611. The van der Waals surface area contributed by atoms with Gasteiger partial charge in [0.25, 0.3) is 11.8 Å². The van der Waals surface area contributed by atoms with Crippen molar-refractivity contribution < 1.29 is 9.59 Å². The number of carbonyl (C=O) groups excluding carboxylic acids is 2. The van der Waals surface area contributed by atoms with Crippen LogP contribution in [0.2, 0.25) is 0 Å². The second-order valence-corrected chi connectivity index (χ2v) is 7.68. The Morgan fingerprint density at radius 2 is 1.80 bits per heavy atom. The lowest BCUT2D eigenvalue weighted by molar-refractivity contribution is 0.0851. The fourth-order valence-corrected chi connectivity index (χ4v) is 3.95. The molecule has 0 saturated heterocycles. The monoisotopic (exact) mass is 372 g/mol. The van der Waals surface area contributed by atoms with E-state index in [-0.39, 0.29) is 11.8 Å². The van der Waals surface area contributed by atoms with Crippen molar-refractivity contribution in [1.82, 2.24) is 10.9 Å². The molecular formula is C13H13BrN2O2S2. The molecule has 0 spiro atoms. The van der Waals surface area contributed by atoms with Crippen LogP contribution in [0.25, 0.3) is 0 Å². The van der Waals surface area contributed by atoms with Gasteiger partial charge in [-0.05, 0) is 53.0 Å². The Labute approximate surface area is 133 Å². The summed E-state index contributed by atoms with van der Waals surface area (Å²) in [7, 11) is 0. The Bertz CT molecular complexity index is 649. The molecule has 2 heterocycles. The van der Waals surface area contributed by atoms with Crippen LogP contribution in [-0.4, -0.2) is 11.8 Å². The van der Waals surface area contributed by atoms with E-state index in [1.807, 2.05) is 13.0 Å². The number of hydrogen-bond donors (Lipinski definition) is 2. The van der Waals surface area contributed by atoms with Crippen molar-refractivity contribution in [2.75, 3.05) is 0 Å². The van der Waals surface area contributed by atoms with Gasteiger partial charge in [0.1, 0.15) is 0 Å². The van der Waals surface area contributed by atoms with Gasteiger partial charge in [-0.1, -0.05) is 6.92 Å². The average Bonchev–Trinajstić information content (AvgIpc) is 3.01. The van der Waals surface area contributed by atoms with Crippen molar-refractivity contribution >= 4 is 50.4 Å². The second kappa shape index (κ2) is 6.51. The Morgan fingerprint density at radius 1 is 1.15 bits per heavy atom. The number of halogens is 1. The summed E-state index contributed by atoms with van der Waals surface area (Å²) in [5, 5.41) is 0. The first kappa shape index (κ1) is 15.2. The van der Waals surface area contributed by atoms with Crippen LogP contribution in [0.15, 0.2) is 22.0 Å². The van der Waals surface area contributed by atoms with E-state index in [0.29, 0.717) is 9.75 Å². The van der Waals surface area contributed by atoms with Crippen LogP contribution in [-0.2, 0) is 6.42 Å². The smallest absolute Gasteiger partial charge is 0.266 e. The topological polar surface area (TPSA) is 58.2 Å². The minimum atomic E-state index is -0.321. The van der Waals surface area contributed by atoms with Crippen LogP contribution in [0.1, 0.15) is 36.7 Å². The lowest BCUT2D eigenvalue weighted by Crippen LogP contribution is -2.41. The Balaban J connectivity index is 1.96. The van der Waals surface area contributed by atoms with Crippen molar-refractivity contribution in [3.8, 4) is 0 Å². The molecule has 0 bridgehead atoms. The van der Waals surface area contributed by atoms with Crippen LogP contribution in [0.3, 0.4) is 0 Å². The van der Waals surface area contributed by atoms with Crippen molar-refractivity contribution in [3.63, 3.8) is 0 Å². The first-order valence-corrected chi connectivity index (χ1v) is 8.39. The fraction of sp³-hybridized carbons (Fsp3) is 0.231. The van der Waals surface area contributed by atoms with Gasteiger partial charge < -0.3 is 0 Å². The second-order valence-electron chi connectivity index (χ2n) is 4.08. The summed E-state index contributed by atoms with van der Waals surface area (Å²) >= 11 is 6.05. The SMILES string of the molecule is CCc1sc(C(=O)NNC(=O)c2ccc(Br)s2)cc1C. The number of aryl methyl sites for hydroxylation is 2. The number of amides is 2. The van der Waals surface area contributed by atoms with E-state index in [0.717, 1.165) is 15.8 Å². The van der Waals surface area contributed by atoms with E-state index >= 15 is 0 Å². The number of rotatable bonds is 3. The summed E-state index contributed by atoms with van der Waals surface area (Å²) in [5.41, 5.74) is 5.96. The highest BCUT2D eigenvalue weighted by atomic mass is 79.9. The van der Waals surface area contributed by atoms with Crippen molar-refractivity contribution in [2.45, 2.75) is 20.3 Å². The average molecular weight is 373 g/mol. The third kappa shape index (κ3) is 3.47. The molecular weight excluding hydrogens is 360 g/mol. The summed E-state index contributed by atoms with van der Waals surface area (Å²) in [6.45, 7) is 4.03. The summed E-state index contributed by atoms with van der Waals surface area (Å²) < 4.78 is 0.871.